The molecule has 0 unspecified atom stereocenters. The van der Waals surface area contributed by atoms with Crippen LogP contribution < -0.4 is 0 Å². The average molecular weight is 232 g/mol. The third-order valence-electron chi connectivity index (χ3n) is 2.57. The highest BCUT2D eigenvalue weighted by Gasteiger charge is 2.19. The van der Waals surface area contributed by atoms with Crippen molar-refractivity contribution in [1.29, 1.82) is 0 Å². The van der Waals surface area contributed by atoms with Crippen molar-refractivity contribution < 1.29 is 9.59 Å². The molecule has 0 N–H and O–H groups in total. The molecule has 3 nitrogen and oxygen atoms in total. The van der Waals surface area contributed by atoms with Gasteiger partial charge in [-0.15, -0.1) is 11.3 Å². The molecule has 2 heterocycles. The lowest BCUT2D eigenvalue weighted by atomic mass is 10.1. The smallest absolute Gasteiger partial charge is 0.279 e. The molecule has 0 aliphatic carbocycles. The summed E-state index contributed by atoms with van der Waals surface area (Å²) >= 11 is 1.54. The quantitative estimate of drug-likeness (QED) is 0.602. The molecular formula is C12H10NO2S. The van der Waals surface area contributed by atoms with Gasteiger partial charge in [-0.25, -0.2) is 0 Å². The van der Waals surface area contributed by atoms with E-state index >= 15 is 0 Å². The van der Waals surface area contributed by atoms with E-state index in [1.165, 1.54) is 6.29 Å². The summed E-state index contributed by atoms with van der Waals surface area (Å²) in [7, 11) is 1.77. The van der Waals surface area contributed by atoms with Gasteiger partial charge in [0.05, 0.1) is 0 Å². The molecule has 0 saturated heterocycles. The maximum absolute atomic E-state index is 11.5. The Balaban J connectivity index is 2.66. The Labute approximate surface area is 97.3 Å². The molecule has 0 spiro atoms. The van der Waals surface area contributed by atoms with Crippen LogP contribution in [0.1, 0.15) is 16.2 Å². The van der Waals surface area contributed by atoms with Crippen LogP contribution in [0.4, 0.5) is 0 Å². The van der Waals surface area contributed by atoms with Gasteiger partial charge >= 0.3 is 0 Å². The van der Waals surface area contributed by atoms with Crippen LogP contribution in [0.3, 0.4) is 0 Å². The molecule has 2 aromatic heterocycles. The van der Waals surface area contributed by atoms with E-state index in [1.54, 1.807) is 23.0 Å². The standard InChI is InChI=1S/C12H10NO2S/c1-8-6-9(11-4-3-5-16-11)12(13(8)2)10(15)7-14/h3-6H,1-2H3. The van der Waals surface area contributed by atoms with Gasteiger partial charge in [-0.1, -0.05) is 6.07 Å². The number of thiophene rings is 1. The first-order valence-electron chi connectivity index (χ1n) is 4.78. The molecule has 0 amide bonds. The van der Waals surface area contributed by atoms with Crippen molar-refractivity contribution in [2.45, 2.75) is 6.92 Å². The second-order valence-corrected chi connectivity index (χ2v) is 4.46. The van der Waals surface area contributed by atoms with E-state index in [4.69, 9.17) is 0 Å². The summed E-state index contributed by atoms with van der Waals surface area (Å²) in [5, 5.41) is 1.94. The van der Waals surface area contributed by atoms with Crippen LogP contribution in [-0.4, -0.2) is 16.6 Å². The molecule has 0 aromatic carbocycles. The van der Waals surface area contributed by atoms with Gasteiger partial charge in [-0.3, -0.25) is 9.59 Å². The van der Waals surface area contributed by atoms with E-state index in [0.29, 0.717) is 5.69 Å². The topological polar surface area (TPSA) is 39.1 Å². The van der Waals surface area contributed by atoms with Crippen LogP contribution in [0.5, 0.6) is 0 Å². The maximum atomic E-state index is 11.5. The number of rotatable bonds is 3. The third kappa shape index (κ3) is 1.61. The van der Waals surface area contributed by atoms with E-state index in [0.717, 1.165) is 16.1 Å². The minimum Gasteiger partial charge on any atom is -0.345 e. The number of carbonyl (C=O) groups is 1. The van der Waals surface area contributed by atoms with Crippen LogP contribution in [-0.2, 0) is 11.8 Å². The molecule has 0 aliphatic heterocycles. The summed E-state index contributed by atoms with van der Waals surface area (Å²) < 4.78 is 1.72. The van der Waals surface area contributed by atoms with E-state index in [2.05, 4.69) is 0 Å². The van der Waals surface area contributed by atoms with Crippen LogP contribution in [0.15, 0.2) is 23.6 Å². The summed E-state index contributed by atoms with van der Waals surface area (Å²) in [5.41, 5.74) is 2.17. The first-order valence-corrected chi connectivity index (χ1v) is 5.65. The van der Waals surface area contributed by atoms with Crippen molar-refractivity contribution in [3.8, 4) is 10.4 Å². The van der Waals surface area contributed by atoms with Crippen molar-refractivity contribution in [2.75, 3.05) is 0 Å². The number of carbonyl (C=O) groups excluding carboxylic acids is 2. The summed E-state index contributed by atoms with van der Waals surface area (Å²) in [6, 6.07) is 5.76. The second-order valence-electron chi connectivity index (χ2n) is 3.52. The Morgan fingerprint density at radius 2 is 2.25 bits per heavy atom. The first kappa shape index (κ1) is 10.8. The minimum absolute atomic E-state index is 0.412. The normalized spacial score (nSPS) is 10.4. The van der Waals surface area contributed by atoms with Gasteiger partial charge in [-0.05, 0) is 24.4 Å². The number of hydrogen-bond acceptors (Lipinski definition) is 3. The van der Waals surface area contributed by atoms with Crippen molar-refractivity contribution in [2.24, 2.45) is 7.05 Å². The van der Waals surface area contributed by atoms with Crippen molar-refractivity contribution in [3.05, 3.63) is 35.0 Å². The zero-order valence-corrected chi connectivity index (χ0v) is 9.80. The number of Topliss-reactive ketones (excluding diaryl/α,β-unsaturated/α-hetero) is 1. The Hall–Kier alpha value is -1.68. The minimum atomic E-state index is -0.598. The van der Waals surface area contributed by atoms with E-state index in [9.17, 15) is 9.59 Å². The van der Waals surface area contributed by atoms with Gasteiger partial charge in [0.25, 0.3) is 12.1 Å². The highest BCUT2D eigenvalue weighted by molar-refractivity contribution is 7.13. The molecule has 1 radical (unpaired) electrons. The fraction of sp³-hybridized carbons (Fsp3) is 0.167. The van der Waals surface area contributed by atoms with Gasteiger partial charge in [0.15, 0.2) is 0 Å². The van der Waals surface area contributed by atoms with Gasteiger partial charge < -0.3 is 4.57 Å². The highest BCUT2D eigenvalue weighted by atomic mass is 32.1. The van der Waals surface area contributed by atoms with E-state index in [1.807, 2.05) is 30.5 Å². The summed E-state index contributed by atoms with van der Waals surface area (Å²) in [4.78, 5) is 23.0. The summed E-state index contributed by atoms with van der Waals surface area (Å²) in [6.07, 6.45) is 1.43. The van der Waals surface area contributed by atoms with Gasteiger partial charge in [-0.2, -0.15) is 0 Å². The SMILES string of the molecule is Cc1cc(-c2cccs2)c(C(=O)[C]=O)n1C. The molecule has 16 heavy (non-hydrogen) atoms. The zero-order chi connectivity index (χ0) is 11.7. The van der Waals surface area contributed by atoms with Crippen molar-refractivity contribution in [1.82, 2.24) is 4.57 Å². The lowest BCUT2D eigenvalue weighted by Crippen LogP contribution is -2.08. The average Bonchev–Trinajstić information content (AvgIpc) is 2.87. The molecule has 4 heteroatoms. The molecule has 0 atom stereocenters. The fourth-order valence-electron chi connectivity index (χ4n) is 1.67. The fourth-order valence-corrected chi connectivity index (χ4v) is 2.42. The number of ketones is 1. The zero-order valence-electron chi connectivity index (χ0n) is 8.98. The van der Waals surface area contributed by atoms with Crippen molar-refractivity contribution >= 4 is 23.4 Å². The Morgan fingerprint density at radius 3 is 2.81 bits per heavy atom. The predicted molar refractivity (Wildman–Crippen MR) is 63.5 cm³/mol. The Morgan fingerprint density at radius 1 is 1.50 bits per heavy atom. The number of nitrogens with zero attached hydrogens (tertiary/aromatic N) is 1. The van der Waals surface area contributed by atoms with Crippen LogP contribution in [0.2, 0.25) is 0 Å². The molecule has 81 valence electrons. The monoisotopic (exact) mass is 232 g/mol. The van der Waals surface area contributed by atoms with E-state index < -0.39 is 5.78 Å². The third-order valence-corrected chi connectivity index (χ3v) is 3.47. The first-order chi connectivity index (χ1) is 7.65. The molecule has 0 saturated carbocycles. The van der Waals surface area contributed by atoms with Crippen LogP contribution >= 0.6 is 11.3 Å². The molecular weight excluding hydrogens is 222 g/mol. The molecule has 0 aliphatic rings. The Kier molecular flexibility index (Phi) is 2.75. The number of aromatic nitrogens is 1. The lowest BCUT2D eigenvalue weighted by molar-refractivity contribution is 0.105. The largest absolute Gasteiger partial charge is 0.345 e. The maximum Gasteiger partial charge on any atom is 0.279 e. The molecule has 2 aromatic rings. The Bertz CT molecular complexity index is 538. The van der Waals surface area contributed by atoms with Gasteiger partial charge in [0, 0.05) is 23.2 Å². The van der Waals surface area contributed by atoms with Gasteiger partial charge in [0.2, 0.25) is 0 Å². The summed E-state index contributed by atoms with van der Waals surface area (Å²) in [5.74, 6) is -0.598. The lowest BCUT2D eigenvalue weighted by Gasteiger charge is -2.01. The van der Waals surface area contributed by atoms with E-state index in [-0.39, 0.29) is 0 Å². The van der Waals surface area contributed by atoms with Crippen molar-refractivity contribution in [3.63, 3.8) is 0 Å². The van der Waals surface area contributed by atoms with Crippen LogP contribution in [0, 0.1) is 6.92 Å². The predicted octanol–water partition coefficient (Wildman–Crippen LogP) is 2.35. The summed E-state index contributed by atoms with van der Waals surface area (Å²) in [6.45, 7) is 1.90. The van der Waals surface area contributed by atoms with Gasteiger partial charge in [0.1, 0.15) is 5.69 Å². The molecule has 2 rings (SSSR count). The number of hydrogen-bond donors (Lipinski definition) is 0. The molecule has 0 bridgehead atoms. The highest BCUT2D eigenvalue weighted by Crippen LogP contribution is 2.30. The number of aryl methyl sites for hydroxylation is 1. The second kappa shape index (κ2) is 4.06. The molecule has 0 fully saturated rings. The van der Waals surface area contributed by atoms with Crippen LogP contribution in [0.25, 0.3) is 10.4 Å².